The monoisotopic (exact) mass is 1820 g/mol. The number of anilines is 4. The number of likely N-dealkylation sites (N-methyl/N-ethyl adjacent to an activating group) is 1. The van der Waals surface area contributed by atoms with Crippen molar-refractivity contribution in [2.45, 2.75) is 69.1 Å². The molecule has 0 bridgehead atoms. The normalized spacial score (nSPS) is 16.4. The number of carbonyl (C=O) groups excluding carboxylic acids is 3. The van der Waals surface area contributed by atoms with E-state index in [2.05, 4.69) is 59.6 Å². The average molecular weight is 1830 g/mol. The number of piperidine rings is 3. The number of rotatable bonds is 23. The average Bonchev–Trinajstić information content (AvgIpc) is 1.62. The number of amides is 3. The maximum Gasteiger partial charge on any atom is 0.246 e. The fraction of sp³-hybridized carbons (Fsp3) is 0.218. The molecule has 4 aliphatic rings. The van der Waals surface area contributed by atoms with Crippen LogP contribution in [0, 0.1) is 0 Å². The first-order valence-electron chi connectivity index (χ1n) is 44.4. The Bertz CT molecular complexity index is 6740. The number of fused-ring (bicyclic) bond motifs is 4. The summed E-state index contributed by atoms with van der Waals surface area (Å²) in [7, 11) is 2.74. The fourth-order valence-corrected chi connectivity index (χ4v) is 17.8. The molecule has 8 aromatic carbocycles. The molecule has 0 radical (unpaired) electrons. The number of nitrogen functional groups attached to an aromatic ring is 4. The Hall–Kier alpha value is -16.2. The molecule has 8 aromatic heterocycles. The molecule has 4 fully saturated rings. The molecule has 5 unspecified atom stereocenters. The molecular formula is C101H101N25O8S. The summed E-state index contributed by atoms with van der Waals surface area (Å²) in [5, 5.41) is 24.0. The van der Waals surface area contributed by atoms with Crippen LogP contribution >= 0.6 is 0 Å². The molecular weight excluding hydrogens is 1720 g/mol. The molecule has 0 saturated carbocycles. The number of nitrogens with two attached hydrogens (primary N) is 4. The van der Waals surface area contributed by atoms with Crippen LogP contribution in [0.5, 0.6) is 46.0 Å². The number of nitrogens with zero attached hydrogens (tertiary/aromatic N) is 21. The summed E-state index contributed by atoms with van der Waals surface area (Å²) >= 11 is 0. The van der Waals surface area contributed by atoms with E-state index < -0.39 is 11.0 Å². The minimum atomic E-state index is -1.21. The largest absolute Gasteiger partial charge is 0.457 e. The van der Waals surface area contributed by atoms with Crippen molar-refractivity contribution in [1.29, 1.82) is 0 Å². The molecule has 33 nitrogen and oxygen atoms in total. The van der Waals surface area contributed by atoms with Gasteiger partial charge in [-0.25, -0.2) is 67.1 Å². The summed E-state index contributed by atoms with van der Waals surface area (Å²) in [4.78, 5) is 79.2. The molecule has 34 heteroatoms. The lowest BCUT2D eigenvalue weighted by Crippen LogP contribution is -2.40. The first-order chi connectivity index (χ1) is 65.9. The van der Waals surface area contributed by atoms with Gasteiger partial charge in [-0.3, -0.25) is 14.4 Å². The van der Waals surface area contributed by atoms with Crippen molar-refractivity contribution in [3.05, 3.63) is 293 Å². The lowest BCUT2D eigenvalue weighted by atomic mass is 10.1. The summed E-state index contributed by atoms with van der Waals surface area (Å²) in [6.07, 6.45) is 18.2. The highest BCUT2D eigenvalue weighted by molar-refractivity contribution is 7.85. The highest BCUT2D eigenvalue weighted by Gasteiger charge is 2.35. The van der Waals surface area contributed by atoms with Crippen molar-refractivity contribution in [1.82, 2.24) is 103 Å². The zero-order chi connectivity index (χ0) is 93.4. The number of likely N-dealkylation sites (tertiary alicyclic amines) is 3. The van der Waals surface area contributed by atoms with E-state index in [0.29, 0.717) is 118 Å². The van der Waals surface area contributed by atoms with Gasteiger partial charge in [-0.15, -0.1) is 0 Å². The van der Waals surface area contributed by atoms with Crippen LogP contribution in [0.4, 0.5) is 23.3 Å². The smallest absolute Gasteiger partial charge is 0.246 e. The molecule has 0 aliphatic carbocycles. The van der Waals surface area contributed by atoms with Gasteiger partial charge in [0.05, 0.1) is 45.7 Å². The minimum Gasteiger partial charge on any atom is -0.457 e. The number of aromatic nitrogens is 16. The van der Waals surface area contributed by atoms with Crippen molar-refractivity contribution in [3.8, 4) is 91.0 Å². The SMILES string of the molecule is C=CC(=O)N1CCC(n2nc(-c3ccc(Oc4ccccc4)cc3)c3c(N)ncnc32)C1.C=CC(=O)N1CCCC(n2nc(-c3ccc(Oc4ccccc4)cc3)c3c(N)ncnc32)C1.C=CS(=O)N1CCCC(n2nc(-c3ccc(Oc4ccccc4)cc3)c3c(N)ncnc32)C1.CN(C)C/C=C/C(=O)N1CCCC(n2nc(-c3ccc(Oc4ccccc4)cc3)c3c(N)ncnc32)C1. The van der Waals surface area contributed by atoms with Crippen molar-refractivity contribution in [2.24, 2.45) is 0 Å². The van der Waals surface area contributed by atoms with Crippen LogP contribution in [0.25, 0.3) is 89.2 Å². The number of carbonyl (C=O) groups is 3. The van der Waals surface area contributed by atoms with Gasteiger partial charge in [0.15, 0.2) is 22.6 Å². The highest BCUT2D eigenvalue weighted by Crippen LogP contribution is 2.42. The van der Waals surface area contributed by atoms with Gasteiger partial charge in [-0.2, -0.15) is 20.4 Å². The quantitative estimate of drug-likeness (QED) is 0.0432. The Morgan fingerprint density at radius 2 is 0.637 bits per heavy atom. The van der Waals surface area contributed by atoms with E-state index >= 15 is 0 Å². The first kappa shape index (κ1) is 90.7. The van der Waals surface area contributed by atoms with Gasteiger partial charge in [-0.05, 0) is 217 Å². The molecule has 4 saturated heterocycles. The van der Waals surface area contributed by atoms with Gasteiger partial charge in [0.25, 0.3) is 0 Å². The Labute approximate surface area is 781 Å². The molecule has 0 spiro atoms. The molecule has 684 valence electrons. The molecule has 12 heterocycles. The first-order valence-corrected chi connectivity index (χ1v) is 45.6. The van der Waals surface area contributed by atoms with E-state index in [4.69, 9.17) is 62.3 Å². The predicted molar refractivity (Wildman–Crippen MR) is 523 cm³/mol. The number of hydrogen-bond acceptors (Lipinski definition) is 25. The topological polar surface area (TPSA) is 400 Å². The predicted octanol–water partition coefficient (Wildman–Crippen LogP) is 16.5. The van der Waals surface area contributed by atoms with E-state index in [1.165, 1.54) is 42.9 Å². The Kier molecular flexibility index (Phi) is 28.2. The Morgan fingerprint density at radius 1 is 0.363 bits per heavy atom. The van der Waals surface area contributed by atoms with Gasteiger partial charge in [0.1, 0.15) is 128 Å². The Balaban J connectivity index is 0.000000125. The molecule has 3 amide bonds. The third-order valence-corrected chi connectivity index (χ3v) is 24.7. The molecule has 20 rings (SSSR count). The summed E-state index contributed by atoms with van der Waals surface area (Å²) in [6.45, 7) is 16.7. The van der Waals surface area contributed by atoms with E-state index in [1.807, 2.05) is 271 Å². The number of para-hydroxylation sites is 4. The zero-order valence-electron chi connectivity index (χ0n) is 74.6. The summed E-state index contributed by atoms with van der Waals surface area (Å²) in [5.74, 6) is 7.38. The van der Waals surface area contributed by atoms with Crippen molar-refractivity contribution >= 4 is 96.1 Å². The van der Waals surface area contributed by atoms with Gasteiger partial charge in [0, 0.05) is 92.6 Å². The van der Waals surface area contributed by atoms with Crippen molar-refractivity contribution in [2.75, 3.05) is 95.9 Å². The van der Waals surface area contributed by atoms with Gasteiger partial charge < -0.3 is 61.5 Å². The van der Waals surface area contributed by atoms with Crippen LogP contribution in [0.3, 0.4) is 0 Å². The van der Waals surface area contributed by atoms with Crippen LogP contribution in [0.1, 0.15) is 69.1 Å². The van der Waals surface area contributed by atoms with E-state index in [1.54, 1.807) is 15.9 Å². The molecule has 8 N–H and O–H groups in total. The maximum atomic E-state index is 12.8. The molecule has 5 atom stereocenters. The summed E-state index contributed by atoms with van der Waals surface area (Å²) in [6, 6.07) is 69.4. The summed E-state index contributed by atoms with van der Waals surface area (Å²) in [5.41, 5.74) is 34.2. The van der Waals surface area contributed by atoms with Gasteiger partial charge in [-0.1, -0.05) is 98.6 Å². The highest BCUT2D eigenvalue weighted by atomic mass is 32.2. The number of hydrogen-bond donors (Lipinski definition) is 4. The van der Waals surface area contributed by atoms with Gasteiger partial charge >= 0.3 is 0 Å². The third-order valence-electron chi connectivity index (χ3n) is 23.6. The lowest BCUT2D eigenvalue weighted by Gasteiger charge is -2.32. The van der Waals surface area contributed by atoms with E-state index in [0.717, 1.165) is 144 Å². The fourth-order valence-electron chi connectivity index (χ4n) is 17.0. The molecule has 4 aliphatic heterocycles. The third kappa shape index (κ3) is 20.9. The second kappa shape index (κ2) is 41.9. The second-order valence-corrected chi connectivity index (χ2v) is 34.2. The Morgan fingerprint density at radius 3 is 0.933 bits per heavy atom. The number of ether oxygens (including phenoxy) is 4. The molecule has 16 aromatic rings. The van der Waals surface area contributed by atoms with Crippen molar-refractivity contribution in [3.63, 3.8) is 0 Å². The zero-order valence-corrected chi connectivity index (χ0v) is 75.4. The maximum absolute atomic E-state index is 12.8. The number of benzene rings is 8. The minimum absolute atomic E-state index is 0.00476. The standard InChI is InChI=1S/C28H31N7O2.C25H24N6O2.C24H24N6O2S.C24H22N6O2/c1-33(2)16-7-11-24(36)34-17-6-8-21(18-34)35-28-25(27(29)30-19-31-28)26(32-35)20-12-14-23(15-13-20)37-22-9-4-3-5-10-22;1-2-21(32)30-14-6-7-18(15-30)31-25-22(24(26)27-16-28-25)23(29-31)17-10-12-20(13-11-17)33-19-8-4-3-5-9-19;1-2-33(31)29-14-6-7-18(15-29)30-24-21(23(25)26-16-27-24)22(28-30)17-10-12-20(13-11-17)32-19-8-4-3-5-9-19;1-2-20(31)29-13-12-17(14-29)30-24-21(23(25)26-15-27-24)22(28-30)16-8-10-19(11-9-16)32-18-6-4-3-5-7-18/h3-5,7,9-15,19,21H,6,8,16-18H2,1-2H3,(H2,29,30,31);2-5,8-13,16,18H,1,6-7,14-15H2,(H2,26,27,28);2-5,8-13,16,18H,1,6-7,14-15H2,(H2,25,26,27);2-11,15,17H,1,12-14H2,(H2,25,26,27)/b11-7+;;;. The second-order valence-electron chi connectivity index (χ2n) is 32.8. The van der Waals surface area contributed by atoms with E-state index in [9.17, 15) is 18.6 Å². The lowest BCUT2D eigenvalue weighted by molar-refractivity contribution is -0.128. The van der Waals surface area contributed by atoms with E-state index in [-0.39, 0.29) is 41.9 Å². The van der Waals surface area contributed by atoms with Crippen LogP contribution < -0.4 is 41.9 Å². The van der Waals surface area contributed by atoms with Crippen LogP contribution in [-0.4, -0.2) is 198 Å². The van der Waals surface area contributed by atoms with Gasteiger partial charge in [0.2, 0.25) is 17.7 Å². The van der Waals surface area contributed by atoms with Crippen LogP contribution in [0.15, 0.2) is 293 Å². The van der Waals surface area contributed by atoms with Crippen molar-refractivity contribution < 1.29 is 37.5 Å². The molecule has 135 heavy (non-hydrogen) atoms. The van der Waals surface area contributed by atoms with Crippen LogP contribution in [0.2, 0.25) is 0 Å². The summed E-state index contributed by atoms with van der Waals surface area (Å²) < 4.78 is 45.4. The van der Waals surface area contributed by atoms with Crippen LogP contribution in [-0.2, 0) is 25.4 Å².